The van der Waals surface area contributed by atoms with Gasteiger partial charge in [-0.25, -0.2) is 4.79 Å². The molecule has 0 spiro atoms. The lowest BCUT2D eigenvalue weighted by Crippen LogP contribution is -2.49. The summed E-state index contributed by atoms with van der Waals surface area (Å²) in [4.78, 5) is 31.0. The number of rotatable bonds is 6. The molecule has 2 heterocycles. The van der Waals surface area contributed by atoms with Gasteiger partial charge in [-0.05, 0) is 30.5 Å². The summed E-state index contributed by atoms with van der Waals surface area (Å²) in [5.41, 5.74) is 1.27. The summed E-state index contributed by atoms with van der Waals surface area (Å²) in [6.45, 7) is 3.84. The van der Waals surface area contributed by atoms with Crippen LogP contribution in [-0.4, -0.2) is 73.5 Å². The van der Waals surface area contributed by atoms with Gasteiger partial charge in [0.2, 0.25) is 5.91 Å². The third-order valence-corrected chi connectivity index (χ3v) is 5.29. The van der Waals surface area contributed by atoms with E-state index in [4.69, 9.17) is 11.6 Å². The number of halogens is 1. The number of aliphatic imine (C=N–C) groups is 1. The third kappa shape index (κ3) is 5.59. The van der Waals surface area contributed by atoms with E-state index in [9.17, 15) is 9.59 Å². The van der Waals surface area contributed by atoms with Gasteiger partial charge < -0.3 is 16.0 Å². The molecule has 1 aromatic carbocycles. The minimum Gasteiger partial charge on any atom is -0.355 e. The number of carbonyl (C=O) groups excluding carboxylic acids is 2. The van der Waals surface area contributed by atoms with Crippen LogP contribution in [0.15, 0.2) is 29.3 Å². The van der Waals surface area contributed by atoms with Crippen molar-refractivity contribution in [1.29, 1.82) is 0 Å². The predicted octanol–water partition coefficient (Wildman–Crippen LogP) is 1.02. The van der Waals surface area contributed by atoms with Crippen molar-refractivity contribution < 1.29 is 9.59 Å². The summed E-state index contributed by atoms with van der Waals surface area (Å²) in [6.07, 6.45) is 2.06. The van der Waals surface area contributed by atoms with E-state index in [1.165, 1.54) is 10.5 Å². The number of likely N-dealkylation sites (tertiary alicyclic amines) is 1. The lowest BCUT2D eigenvalue weighted by molar-refractivity contribution is -0.124. The number of piperidine rings is 1. The number of carbonyl (C=O) groups is 2. The molecule has 0 saturated carbocycles. The molecular formula is C19H27ClN6O2. The van der Waals surface area contributed by atoms with Crippen LogP contribution in [-0.2, 0) is 11.3 Å². The molecule has 0 atom stereocenters. The highest BCUT2D eigenvalue weighted by Crippen LogP contribution is 2.16. The summed E-state index contributed by atoms with van der Waals surface area (Å²) < 4.78 is 0. The fourth-order valence-electron chi connectivity index (χ4n) is 3.44. The molecule has 0 unspecified atom stereocenters. The number of hydrogen-bond acceptors (Lipinski definition) is 4. The Hall–Kier alpha value is -2.32. The Bertz CT molecular complexity index is 700. The first-order chi connectivity index (χ1) is 13.5. The van der Waals surface area contributed by atoms with Crippen LogP contribution < -0.4 is 16.0 Å². The van der Waals surface area contributed by atoms with Crippen molar-refractivity contribution in [1.82, 2.24) is 25.8 Å². The Morgan fingerprint density at radius 2 is 1.96 bits per heavy atom. The van der Waals surface area contributed by atoms with Gasteiger partial charge in [0.25, 0.3) is 0 Å². The summed E-state index contributed by atoms with van der Waals surface area (Å²) in [5.74, 6) is 0.506. The van der Waals surface area contributed by atoms with Crippen LogP contribution in [0.25, 0.3) is 0 Å². The van der Waals surface area contributed by atoms with Crippen molar-refractivity contribution in [2.75, 3.05) is 39.8 Å². The molecule has 9 heteroatoms. The number of hydrogen-bond donors (Lipinski definition) is 3. The lowest BCUT2D eigenvalue weighted by atomic mass is 10.0. The predicted molar refractivity (Wildman–Crippen MR) is 109 cm³/mol. The van der Waals surface area contributed by atoms with Gasteiger partial charge in [-0.1, -0.05) is 23.7 Å². The molecule has 3 rings (SSSR count). The van der Waals surface area contributed by atoms with E-state index in [0.717, 1.165) is 37.5 Å². The van der Waals surface area contributed by atoms with Gasteiger partial charge in [-0.3, -0.25) is 19.6 Å². The Morgan fingerprint density at radius 3 is 2.57 bits per heavy atom. The summed E-state index contributed by atoms with van der Waals surface area (Å²) in [7, 11) is 1.72. The molecule has 0 aromatic heterocycles. The first-order valence-corrected chi connectivity index (χ1v) is 9.95. The average molecular weight is 407 g/mol. The van der Waals surface area contributed by atoms with Crippen LogP contribution in [0.4, 0.5) is 4.79 Å². The zero-order valence-corrected chi connectivity index (χ0v) is 16.8. The molecule has 0 bridgehead atoms. The van der Waals surface area contributed by atoms with Gasteiger partial charge in [0.05, 0.1) is 6.54 Å². The maximum absolute atomic E-state index is 11.6. The zero-order valence-electron chi connectivity index (χ0n) is 16.1. The maximum atomic E-state index is 11.6. The minimum atomic E-state index is -0.331. The molecule has 8 nitrogen and oxygen atoms in total. The molecule has 1 aromatic rings. The van der Waals surface area contributed by atoms with Crippen molar-refractivity contribution in [2.24, 2.45) is 4.99 Å². The number of nitrogens with one attached hydrogen (secondary N) is 3. The van der Waals surface area contributed by atoms with Crippen LogP contribution in [0.5, 0.6) is 0 Å². The second-order valence-corrected chi connectivity index (χ2v) is 7.46. The normalized spacial score (nSPS) is 19.1. The lowest BCUT2D eigenvalue weighted by Gasteiger charge is -2.33. The second kappa shape index (κ2) is 9.75. The molecule has 2 saturated heterocycles. The van der Waals surface area contributed by atoms with Gasteiger partial charge in [-0.15, -0.1) is 0 Å². The molecule has 2 fully saturated rings. The molecule has 2 aliphatic rings. The van der Waals surface area contributed by atoms with Crippen molar-refractivity contribution in [3.8, 4) is 0 Å². The molecule has 152 valence electrons. The third-order valence-electron chi connectivity index (χ3n) is 5.04. The van der Waals surface area contributed by atoms with Crippen molar-refractivity contribution >= 4 is 29.5 Å². The molecule has 28 heavy (non-hydrogen) atoms. The van der Waals surface area contributed by atoms with E-state index in [-0.39, 0.29) is 18.5 Å². The summed E-state index contributed by atoms with van der Waals surface area (Å²) >= 11 is 5.94. The van der Waals surface area contributed by atoms with Crippen molar-refractivity contribution in [2.45, 2.75) is 25.4 Å². The van der Waals surface area contributed by atoms with Gasteiger partial charge in [0.15, 0.2) is 5.96 Å². The van der Waals surface area contributed by atoms with Crippen LogP contribution in [0.2, 0.25) is 5.02 Å². The standard InChI is InChI=1S/C19H27ClN6O2/c1-21-18(22-8-11-26-17(27)12-23-19(26)28)24-16-6-9-25(10-7-16)13-14-2-4-15(20)5-3-14/h2-5,16H,6-13H2,1H3,(H,23,28)(H2,21,22,24). The average Bonchev–Trinajstić information content (AvgIpc) is 3.02. The number of nitrogens with zero attached hydrogens (tertiary/aromatic N) is 3. The molecule has 3 amide bonds. The van der Waals surface area contributed by atoms with Crippen molar-refractivity contribution in [3.05, 3.63) is 34.9 Å². The van der Waals surface area contributed by atoms with Crippen LogP contribution in [0.3, 0.4) is 0 Å². The topological polar surface area (TPSA) is 89.1 Å². The highest BCUT2D eigenvalue weighted by molar-refractivity contribution is 6.30. The number of urea groups is 1. The fraction of sp³-hybridized carbons (Fsp3) is 0.526. The Labute approximate surface area is 170 Å². The number of amides is 3. The summed E-state index contributed by atoms with van der Waals surface area (Å²) in [6, 6.07) is 8.03. The van der Waals surface area contributed by atoms with Crippen LogP contribution in [0.1, 0.15) is 18.4 Å². The van der Waals surface area contributed by atoms with Crippen molar-refractivity contribution in [3.63, 3.8) is 0 Å². The van der Waals surface area contributed by atoms with E-state index in [2.05, 4.69) is 38.0 Å². The fourth-order valence-corrected chi connectivity index (χ4v) is 3.57. The molecule has 3 N–H and O–H groups in total. The molecular weight excluding hydrogens is 380 g/mol. The highest BCUT2D eigenvalue weighted by atomic mass is 35.5. The van der Waals surface area contributed by atoms with Gasteiger partial charge >= 0.3 is 6.03 Å². The number of guanidine groups is 1. The molecule has 2 aliphatic heterocycles. The molecule has 0 aliphatic carbocycles. The monoisotopic (exact) mass is 406 g/mol. The second-order valence-electron chi connectivity index (χ2n) is 7.02. The van der Waals surface area contributed by atoms with Crippen LogP contribution in [0, 0.1) is 0 Å². The van der Waals surface area contributed by atoms with Crippen LogP contribution >= 0.6 is 11.6 Å². The van der Waals surface area contributed by atoms with Gasteiger partial charge in [-0.2, -0.15) is 0 Å². The maximum Gasteiger partial charge on any atom is 0.324 e. The van der Waals surface area contributed by atoms with E-state index in [1.54, 1.807) is 7.05 Å². The van der Waals surface area contributed by atoms with E-state index < -0.39 is 0 Å². The Kier molecular flexibility index (Phi) is 7.11. The van der Waals surface area contributed by atoms with E-state index in [1.807, 2.05) is 12.1 Å². The first-order valence-electron chi connectivity index (χ1n) is 9.57. The summed E-state index contributed by atoms with van der Waals surface area (Å²) in [5, 5.41) is 9.89. The van der Waals surface area contributed by atoms with E-state index >= 15 is 0 Å². The van der Waals surface area contributed by atoms with Gasteiger partial charge in [0, 0.05) is 50.8 Å². The number of benzene rings is 1. The minimum absolute atomic E-state index is 0.0837. The number of imide groups is 1. The SMILES string of the molecule is CN=C(NCCN1C(=O)CNC1=O)NC1CCN(Cc2ccc(Cl)cc2)CC1. The Morgan fingerprint density at radius 1 is 1.25 bits per heavy atom. The Balaban J connectivity index is 1.37. The quantitative estimate of drug-likeness (QED) is 0.373. The van der Waals surface area contributed by atoms with Gasteiger partial charge in [0.1, 0.15) is 0 Å². The highest BCUT2D eigenvalue weighted by Gasteiger charge is 2.27. The molecule has 0 radical (unpaired) electrons. The zero-order chi connectivity index (χ0) is 19.9. The smallest absolute Gasteiger partial charge is 0.324 e. The van der Waals surface area contributed by atoms with E-state index in [0.29, 0.717) is 25.1 Å². The first kappa shape index (κ1) is 20.4. The largest absolute Gasteiger partial charge is 0.355 e.